The predicted molar refractivity (Wildman–Crippen MR) is 124 cm³/mol. The van der Waals surface area contributed by atoms with E-state index in [9.17, 15) is 14.4 Å². The van der Waals surface area contributed by atoms with Gasteiger partial charge in [-0.3, -0.25) is 14.4 Å². The van der Waals surface area contributed by atoms with Gasteiger partial charge in [0.25, 0.3) is 5.91 Å². The number of rotatable bonds is 10. The topological polar surface area (TPSA) is 87.3 Å². The molecule has 3 N–H and O–H groups in total. The summed E-state index contributed by atoms with van der Waals surface area (Å²) in [6, 6.07) is 14.5. The number of carbonyl (C=O) groups is 3. The Hall–Kier alpha value is -3.15. The molecule has 31 heavy (non-hydrogen) atoms. The van der Waals surface area contributed by atoms with Crippen molar-refractivity contribution in [2.24, 2.45) is 5.92 Å². The van der Waals surface area contributed by atoms with Crippen LogP contribution in [0.25, 0.3) is 0 Å². The second-order valence-corrected chi connectivity index (χ2v) is 7.80. The summed E-state index contributed by atoms with van der Waals surface area (Å²) in [5.74, 6) is -1.42. The van der Waals surface area contributed by atoms with Crippen LogP contribution in [0.2, 0.25) is 0 Å². The lowest BCUT2D eigenvalue weighted by Crippen LogP contribution is -2.38. The van der Waals surface area contributed by atoms with Gasteiger partial charge in [0, 0.05) is 13.1 Å². The van der Waals surface area contributed by atoms with Gasteiger partial charge in [0.15, 0.2) is 0 Å². The largest absolute Gasteiger partial charge is 0.348 e. The second kappa shape index (κ2) is 12.5. The third-order valence-corrected chi connectivity index (χ3v) is 5.26. The van der Waals surface area contributed by atoms with E-state index in [0.29, 0.717) is 30.3 Å². The first kappa shape index (κ1) is 24.1. The Kier molecular flexibility index (Phi) is 9.75. The highest BCUT2D eigenvalue weighted by atomic mass is 16.2. The molecular weight excluding hydrogens is 390 g/mol. The Morgan fingerprint density at radius 3 is 2.42 bits per heavy atom. The predicted octanol–water partition coefficient (Wildman–Crippen LogP) is 4.20. The number of unbranched alkanes of at least 4 members (excludes halogenated alkanes) is 1. The summed E-state index contributed by atoms with van der Waals surface area (Å²) in [5.41, 5.74) is 2.72. The first-order chi connectivity index (χ1) is 14.9. The average Bonchev–Trinajstić information content (AvgIpc) is 2.77. The minimum absolute atomic E-state index is 0.308. The molecule has 3 amide bonds. The van der Waals surface area contributed by atoms with Gasteiger partial charge >= 0.3 is 11.8 Å². The number of aryl methyl sites for hydroxylation is 1. The van der Waals surface area contributed by atoms with Crippen LogP contribution in [0.3, 0.4) is 0 Å². The zero-order chi connectivity index (χ0) is 22.6. The molecule has 0 aliphatic heterocycles. The third kappa shape index (κ3) is 7.89. The van der Waals surface area contributed by atoms with Crippen molar-refractivity contribution in [2.75, 3.05) is 11.9 Å². The lowest BCUT2D eigenvalue weighted by Gasteiger charge is -2.15. The summed E-state index contributed by atoms with van der Waals surface area (Å²) in [5, 5.41) is 8.15. The molecule has 2 aromatic rings. The molecule has 0 aliphatic rings. The Morgan fingerprint density at radius 2 is 1.71 bits per heavy atom. The maximum absolute atomic E-state index is 12.7. The van der Waals surface area contributed by atoms with E-state index in [1.54, 1.807) is 24.3 Å². The van der Waals surface area contributed by atoms with Crippen LogP contribution in [0, 0.1) is 12.8 Å². The molecule has 166 valence electrons. The van der Waals surface area contributed by atoms with Crippen molar-refractivity contribution in [2.45, 2.75) is 53.0 Å². The van der Waals surface area contributed by atoms with Gasteiger partial charge in [-0.05, 0) is 37.0 Å². The molecule has 0 aromatic heterocycles. The quantitative estimate of drug-likeness (QED) is 0.501. The zero-order valence-corrected chi connectivity index (χ0v) is 18.7. The fourth-order valence-corrected chi connectivity index (χ4v) is 3.33. The van der Waals surface area contributed by atoms with Crippen LogP contribution in [0.1, 0.15) is 61.0 Å². The van der Waals surface area contributed by atoms with E-state index in [2.05, 4.69) is 29.8 Å². The minimum Gasteiger partial charge on any atom is -0.348 e. The molecule has 2 rings (SSSR count). The lowest BCUT2D eigenvalue weighted by atomic mass is 9.99. The summed E-state index contributed by atoms with van der Waals surface area (Å²) < 4.78 is 0. The van der Waals surface area contributed by atoms with Gasteiger partial charge in [-0.2, -0.15) is 0 Å². The summed E-state index contributed by atoms with van der Waals surface area (Å²) in [6.07, 6.45) is 4.18. The highest BCUT2D eigenvalue weighted by Gasteiger charge is 2.18. The van der Waals surface area contributed by atoms with Crippen LogP contribution in [0.15, 0.2) is 48.5 Å². The number of hydrogen-bond donors (Lipinski definition) is 3. The summed E-state index contributed by atoms with van der Waals surface area (Å²) in [6.45, 7) is 7.06. The van der Waals surface area contributed by atoms with Gasteiger partial charge in [0.2, 0.25) is 0 Å². The fraction of sp³-hybridized carbons (Fsp3) is 0.400. The van der Waals surface area contributed by atoms with Gasteiger partial charge in [-0.15, -0.1) is 0 Å². The van der Waals surface area contributed by atoms with Crippen LogP contribution in [0.5, 0.6) is 0 Å². The molecule has 0 saturated carbocycles. The number of para-hydroxylation sites is 1. The molecule has 0 aliphatic carbocycles. The van der Waals surface area contributed by atoms with Crippen molar-refractivity contribution in [3.05, 3.63) is 65.2 Å². The minimum atomic E-state index is -0.774. The van der Waals surface area contributed by atoms with E-state index in [1.165, 1.54) is 0 Å². The van der Waals surface area contributed by atoms with Gasteiger partial charge in [-0.1, -0.05) is 75.1 Å². The molecule has 0 bridgehead atoms. The summed E-state index contributed by atoms with van der Waals surface area (Å²) in [4.78, 5) is 37.3. The van der Waals surface area contributed by atoms with Gasteiger partial charge in [0.1, 0.15) is 0 Å². The first-order valence-electron chi connectivity index (χ1n) is 11.0. The van der Waals surface area contributed by atoms with Crippen molar-refractivity contribution < 1.29 is 14.4 Å². The van der Waals surface area contributed by atoms with E-state index < -0.39 is 11.8 Å². The number of carbonyl (C=O) groups excluding carboxylic acids is 3. The van der Waals surface area contributed by atoms with Crippen molar-refractivity contribution in [3.63, 3.8) is 0 Å². The fourth-order valence-electron chi connectivity index (χ4n) is 3.33. The number of amides is 3. The van der Waals surface area contributed by atoms with Crippen LogP contribution in [-0.2, 0) is 16.1 Å². The SMILES string of the molecule is CCCC[C@@H](CC)CNC(=O)C(=O)Nc1ccccc1C(=O)NCc1cccc(C)c1. The molecular formula is C25H33N3O3. The molecule has 0 fully saturated rings. The van der Waals surface area contributed by atoms with Crippen molar-refractivity contribution in [3.8, 4) is 0 Å². The first-order valence-corrected chi connectivity index (χ1v) is 11.0. The van der Waals surface area contributed by atoms with Gasteiger partial charge in [0.05, 0.1) is 11.3 Å². The smallest absolute Gasteiger partial charge is 0.313 e. The zero-order valence-electron chi connectivity index (χ0n) is 18.7. The molecule has 0 unspecified atom stereocenters. The molecule has 0 saturated heterocycles. The van der Waals surface area contributed by atoms with E-state index in [1.807, 2.05) is 31.2 Å². The van der Waals surface area contributed by atoms with Crippen LogP contribution in [0.4, 0.5) is 5.69 Å². The van der Waals surface area contributed by atoms with E-state index in [-0.39, 0.29) is 5.91 Å². The second-order valence-electron chi connectivity index (χ2n) is 7.80. The van der Waals surface area contributed by atoms with E-state index >= 15 is 0 Å². The van der Waals surface area contributed by atoms with Crippen molar-refractivity contribution in [1.82, 2.24) is 10.6 Å². The molecule has 6 nitrogen and oxygen atoms in total. The summed E-state index contributed by atoms with van der Waals surface area (Å²) in [7, 11) is 0. The highest BCUT2D eigenvalue weighted by Crippen LogP contribution is 2.16. The molecule has 0 heterocycles. The highest BCUT2D eigenvalue weighted by molar-refractivity contribution is 6.40. The molecule has 2 aromatic carbocycles. The molecule has 6 heteroatoms. The number of hydrogen-bond acceptors (Lipinski definition) is 3. The van der Waals surface area contributed by atoms with Gasteiger partial charge < -0.3 is 16.0 Å². The van der Waals surface area contributed by atoms with Crippen molar-refractivity contribution in [1.29, 1.82) is 0 Å². The van der Waals surface area contributed by atoms with E-state index in [4.69, 9.17) is 0 Å². The lowest BCUT2D eigenvalue weighted by molar-refractivity contribution is -0.136. The monoisotopic (exact) mass is 423 g/mol. The average molecular weight is 424 g/mol. The van der Waals surface area contributed by atoms with Crippen LogP contribution >= 0.6 is 0 Å². The van der Waals surface area contributed by atoms with Gasteiger partial charge in [-0.25, -0.2) is 0 Å². The molecule has 0 spiro atoms. The normalized spacial score (nSPS) is 11.5. The maximum Gasteiger partial charge on any atom is 0.313 e. The Bertz CT molecular complexity index is 895. The Balaban J connectivity index is 1.95. The van der Waals surface area contributed by atoms with Crippen molar-refractivity contribution >= 4 is 23.4 Å². The summed E-state index contributed by atoms with van der Waals surface area (Å²) >= 11 is 0. The standard InChI is InChI=1S/C25H33N3O3/c1-4-6-11-19(5-2)16-27-24(30)25(31)28-22-14-8-7-13-21(22)23(29)26-17-20-12-9-10-18(3)15-20/h7-10,12-15,19H,4-6,11,16-17H2,1-3H3,(H,26,29)(H,27,30)(H,28,31)/t19-/m1/s1. The maximum atomic E-state index is 12.7. The molecule has 1 atom stereocenters. The number of benzene rings is 2. The third-order valence-electron chi connectivity index (χ3n) is 5.26. The number of nitrogens with one attached hydrogen (secondary N) is 3. The number of anilines is 1. The Labute approximate surface area is 184 Å². The Morgan fingerprint density at radius 1 is 0.935 bits per heavy atom. The molecule has 0 radical (unpaired) electrons. The van der Waals surface area contributed by atoms with Crippen LogP contribution in [-0.4, -0.2) is 24.3 Å². The van der Waals surface area contributed by atoms with E-state index in [0.717, 1.165) is 36.8 Å². The van der Waals surface area contributed by atoms with Crippen LogP contribution < -0.4 is 16.0 Å².